The zero-order valence-corrected chi connectivity index (χ0v) is 7.08. The Hall–Kier alpha value is -1.24. The predicted octanol–water partition coefficient (Wildman–Crippen LogP) is 2.67. The number of rotatable bonds is 1. The molecule has 0 aliphatic heterocycles. The van der Waals surface area contributed by atoms with Crippen LogP contribution in [0.4, 0.5) is 26.3 Å². The number of nitrogens with two attached hydrogens (primary N) is 1. The van der Waals surface area contributed by atoms with E-state index in [1.54, 1.807) is 0 Å². The van der Waals surface area contributed by atoms with Gasteiger partial charge in [-0.1, -0.05) is 0 Å². The molecule has 7 heteroatoms. The third kappa shape index (κ3) is 2.41. The minimum Gasteiger partial charge on any atom is -0.316 e. The van der Waals surface area contributed by atoms with E-state index in [1.807, 2.05) is 0 Å². The molecule has 1 nitrogen and oxygen atoms in total. The van der Waals surface area contributed by atoms with Gasteiger partial charge < -0.3 is 5.73 Å². The smallest absolute Gasteiger partial charge is 0.316 e. The summed E-state index contributed by atoms with van der Waals surface area (Å²) in [6.45, 7) is 0. The normalized spacial score (nSPS) is 14.1. The summed E-state index contributed by atoms with van der Waals surface area (Å²) in [5, 5.41) is 0. The predicted molar refractivity (Wildman–Crippen MR) is 39.3 cm³/mol. The molecule has 1 unspecified atom stereocenters. The maximum Gasteiger partial charge on any atom is 0.407 e. The van der Waals surface area contributed by atoms with Gasteiger partial charge in [0, 0.05) is 11.6 Å². The third-order valence-corrected chi connectivity index (χ3v) is 1.73. The van der Waals surface area contributed by atoms with E-state index in [9.17, 15) is 26.3 Å². The van der Waals surface area contributed by atoms with Crippen molar-refractivity contribution in [2.75, 3.05) is 0 Å². The number of hydrogen-bond acceptors (Lipinski definition) is 1. The second-order valence-corrected chi connectivity index (χ2v) is 2.81. The lowest BCUT2D eigenvalue weighted by Gasteiger charge is -2.16. The summed E-state index contributed by atoms with van der Waals surface area (Å²) >= 11 is 0. The van der Waals surface area contributed by atoms with Crippen LogP contribution < -0.4 is 5.73 Å². The Morgan fingerprint density at radius 1 is 0.933 bits per heavy atom. The fraction of sp³-hybridized carbons (Fsp3) is 0.250. The summed E-state index contributed by atoms with van der Waals surface area (Å²) in [6, 6.07) is -2.55. The van der Waals surface area contributed by atoms with Crippen molar-refractivity contribution in [1.29, 1.82) is 0 Å². The SMILES string of the molecule is NC(c1cc(F)c(F)cc1F)C(F)(F)F. The molecule has 0 aliphatic carbocycles. The molecule has 0 amide bonds. The molecular weight excluding hydrogens is 224 g/mol. The molecule has 1 aromatic rings. The quantitative estimate of drug-likeness (QED) is 0.581. The molecule has 0 spiro atoms. The molecule has 1 atom stereocenters. The zero-order chi connectivity index (χ0) is 11.8. The van der Waals surface area contributed by atoms with Crippen LogP contribution in [0.2, 0.25) is 0 Å². The average molecular weight is 229 g/mol. The summed E-state index contributed by atoms with van der Waals surface area (Å²) in [5.41, 5.74) is 3.51. The fourth-order valence-electron chi connectivity index (χ4n) is 0.953. The highest BCUT2D eigenvalue weighted by Gasteiger charge is 2.39. The van der Waals surface area contributed by atoms with Gasteiger partial charge in [-0.2, -0.15) is 13.2 Å². The Morgan fingerprint density at radius 2 is 1.40 bits per heavy atom. The molecule has 2 N–H and O–H groups in total. The molecule has 15 heavy (non-hydrogen) atoms. The lowest BCUT2D eigenvalue weighted by atomic mass is 10.1. The molecule has 1 rings (SSSR count). The van der Waals surface area contributed by atoms with Gasteiger partial charge in [0.05, 0.1) is 0 Å². The van der Waals surface area contributed by atoms with Crippen molar-refractivity contribution in [3.8, 4) is 0 Å². The second kappa shape index (κ2) is 3.73. The van der Waals surface area contributed by atoms with Crippen molar-refractivity contribution in [3.63, 3.8) is 0 Å². The summed E-state index contributed by atoms with van der Waals surface area (Å²) in [5.74, 6) is -4.67. The van der Waals surface area contributed by atoms with E-state index < -0.39 is 35.2 Å². The number of alkyl halides is 3. The van der Waals surface area contributed by atoms with Gasteiger partial charge in [0.1, 0.15) is 11.9 Å². The molecule has 0 aromatic heterocycles. The summed E-state index contributed by atoms with van der Waals surface area (Å²) in [4.78, 5) is 0. The minimum absolute atomic E-state index is 0.0241. The van der Waals surface area contributed by atoms with Gasteiger partial charge in [-0.05, 0) is 6.07 Å². The first-order valence-corrected chi connectivity index (χ1v) is 3.70. The van der Waals surface area contributed by atoms with Crippen LogP contribution in [0.1, 0.15) is 11.6 Å². The first kappa shape index (κ1) is 11.8. The highest BCUT2D eigenvalue weighted by molar-refractivity contribution is 5.24. The minimum atomic E-state index is -4.91. The first-order valence-electron chi connectivity index (χ1n) is 3.70. The van der Waals surface area contributed by atoms with Crippen molar-refractivity contribution >= 4 is 0 Å². The highest BCUT2D eigenvalue weighted by Crippen LogP contribution is 2.32. The van der Waals surface area contributed by atoms with Crippen LogP contribution in [0.3, 0.4) is 0 Å². The van der Waals surface area contributed by atoms with E-state index in [1.165, 1.54) is 0 Å². The Kier molecular flexibility index (Phi) is 2.94. The van der Waals surface area contributed by atoms with Crippen LogP contribution >= 0.6 is 0 Å². The van der Waals surface area contributed by atoms with E-state index in [0.29, 0.717) is 0 Å². The third-order valence-electron chi connectivity index (χ3n) is 1.73. The Balaban J connectivity index is 3.21. The lowest BCUT2D eigenvalue weighted by Crippen LogP contribution is -2.29. The molecule has 0 radical (unpaired) electrons. The Morgan fingerprint density at radius 3 is 1.87 bits per heavy atom. The molecule has 0 saturated heterocycles. The molecule has 0 saturated carbocycles. The van der Waals surface area contributed by atoms with Crippen molar-refractivity contribution in [2.24, 2.45) is 5.73 Å². The van der Waals surface area contributed by atoms with Crippen molar-refractivity contribution in [2.45, 2.75) is 12.2 Å². The molecular formula is C8H5F6N. The van der Waals surface area contributed by atoms with Crippen LogP contribution in [0.5, 0.6) is 0 Å². The monoisotopic (exact) mass is 229 g/mol. The van der Waals surface area contributed by atoms with Crippen LogP contribution in [0.25, 0.3) is 0 Å². The molecule has 1 aromatic carbocycles. The lowest BCUT2D eigenvalue weighted by molar-refractivity contribution is -0.149. The van der Waals surface area contributed by atoms with Gasteiger partial charge in [-0.3, -0.25) is 0 Å². The standard InChI is InChI=1S/C8H5F6N/c9-4-2-6(11)5(10)1-3(4)7(15)8(12,13)14/h1-2,7H,15H2. The van der Waals surface area contributed by atoms with Crippen molar-refractivity contribution < 1.29 is 26.3 Å². The second-order valence-electron chi connectivity index (χ2n) is 2.81. The average Bonchev–Trinajstić information content (AvgIpc) is 2.08. The fourth-order valence-corrected chi connectivity index (χ4v) is 0.953. The Bertz CT molecular complexity index is 372. The van der Waals surface area contributed by atoms with Crippen molar-refractivity contribution in [3.05, 3.63) is 35.1 Å². The first-order chi connectivity index (χ1) is 6.73. The zero-order valence-electron chi connectivity index (χ0n) is 7.08. The molecule has 0 heterocycles. The van der Waals surface area contributed by atoms with Crippen LogP contribution in [-0.2, 0) is 0 Å². The van der Waals surface area contributed by atoms with Crippen molar-refractivity contribution in [1.82, 2.24) is 0 Å². The Labute approximate surface area is 80.5 Å². The molecule has 84 valence electrons. The maximum absolute atomic E-state index is 12.8. The van der Waals surface area contributed by atoms with Crippen LogP contribution in [0, 0.1) is 17.5 Å². The van der Waals surface area contributed by atoms with Gasteiger partial charge >= 0.3 is 6.18 Å². The molecule has 0 bridgehead atoms. The van der Waals surface area contributed by atoms with Crippen LogP contribution in [0.15, 0.2) is 12.1 Å². The van der Waals surface area contributed by atoms with E-state index in [0.717, 1.165) is 0 Å². The highest BCUT2D eigenvalue weighted by atomic mass is 19.4. The van der Waals surface area contributed by atoms with E-state index in [4.69, 9.17) is 0 Å². The number of benzene rings is 1. The number of halogens is 6. The maximum atomic E-state index is 12.8. The molecule has 0 aliphatic rings. The summed E-state index contributed by atoms with van der Waals surface area (Å²) in [6.07, 6.45) is -4.91. The van der Waals surface area contributed by atoms with E-state index in [-0.39, 0.29) is 12.1 Å². The summed E-state index contributed by atoms with van der Waals surface area (Å²) < 4.78 is 73.9. The van der Waals surface area contributed by atoms with E-state index in [2.05, 4.69) is 5.73 Å². The number of hydrogen-bond donors (Lipinski definition) is 1. The van der Waals surface area contributed by atoms with Gasteiger partial charge in [-0.15, -0.1) is 0 Å². The van der Waals surface area contributed by atoms with Gasteiger partial charge in [-0.25, -0.2) is 13.2 Å². The summed E-state index contributed by atoms with van der Waals surface area (Å²) in [7, 11) is 0. The molecule has 0 fully saturated rings. The topological polar surface area (TPSA) is 26.0 Å². The van der Waals surface area contributed by atoms with E-state index >= 15 is 0 Å². The van der Waals surface area contributed by atoms with Gasteiger partial charge in [0.15, 0.2) is 11.6 Å². The largest absolute Gasteiger partial charge is 0.407 e. The van der Waals surface area contributed by atoms with Gasteiger partial charge in [0.2, 0.25) is 0 Å². The van der Waals surface area contributed by atoms with Crippen LogP contribution in [-0.4, -0.2) is 6.18 Å². The van der Waals surface area contributed by atoms with Gasteiger partial charge in [0.25, 0.3) is 0 Å².